The van der Waals surface area contributed by atoms with Crippen LogP contribution in [0.25, 0.3) is 0 Å². The molecule has 1 saturated heterocycles. The maximum absolute atomic E-state index is 12.3. The van der Waals surface area contributed by atoms with Gasteiger partial charge >= 0.3 is 0 Å². The van der Waals surface area contributed by atoms with E-state index in [-0.39, 0.29) is 17.4 Å². The lowest BCUT2D eigenvalue weighted by molar-refractivity contribution is 0.0641. The summed E-state index contributed by atoms with van der Waals surface area (Å²) in [4.78, 5) is 26.0. The third-order valence-corrected chi connectivity index (χ3v) is 4.41. The fourth-order valence-electron chi connectivity index (χ4n) is 3.02. The van der Waals surface area contributed by atoms with E-state index in [2.05, 4.69) is 0 Å². The number of ether oxygens (including phenoxy) is 1. The summed E-state index contributed by atoms with van der Waals surface area (Å²) in [5.41, 5.74) is 1.76. The molecule has 1 fully saturated rings. The second kappa shape index (κ2) is 4.78. The number of carbonyl (C=O) groups is 2. The molecule has 1 atom stereocenters. The smallest absolute Gasteiger partial charge is 0.261 e. The van der Waals surface area contributed by atoms with Gasteiger partial charge in [-0.25, -0.2) is 0 Å². The van der Waals surface area contributed by atoms with Gasteiger partial charge in [0.2, 0.25) is 0 Å². The minimum absolute atomic E-state index is 0.204. The quantitative estimate of drug-likeness (QED) is 0.643. The fourth-order valence-corrected chi connectivity index (χ4v) is 3.02. The zero-order chi connectivity index (χ0) is 15.2. The lowest BCUT2D eigenvalue weighted by Gasteiger charge is -2.17. The number of epoxide rings is 1. The predicted octanol–water partition coefficient (Wildman–Crippen LogP) is 2.60. The summed E-state index contributed by atoms with van der Waals surface area (Å²) in [5, 5.41) is 0. The lowest BCUT2D eigenvalue weighted by atomic mass is 9.96. The SMILES string of the molecule is O=C1c2ccccc2C(=O)N1CCC1(c2ccccc2)CO1. The van der Waals surface area contributed by atoms with Crippen molar-refractivity contribution in [2.45, 2.75) is 12.0 Å². The van der Waals surface area contributed by atoms with Crippen LogP contribution in [0.5, 0.6) is 0 Å². The van der Waals surface area contributed by atoms with E-state index in [1.165, 1.54) is 4.90 Å². The molecule has 22 heavy (non-hydrogen) atoms. The van der Waals surface area contributed by atoms with Crippen molar-refractivity contribution in [3.05, 3.63) is 71.3 Å². The van der Waals surface area contributed by atoms with Crippen molar-refractivity contribution in [3.63, 3.8) is 0 Å². The van der Waals surface area contributed by atoms with E-state index in [0.29, 0.717) is 30.7 Å². The standard InChI is InChI=1S/C18H15NO3/c20-16-14-8-4-5-9-15(14)17(21)19(16)11-10-18(12-22-18)13-6-2-1-3-7-13/h1-9H,10-12H2. The number of amides is 2. The zero-order valence-corrected chi connectivity index (χ0v) is 12.0. The molecule has 2 aliphatic rings. The molecule has 2 amide bonds. The van der Waals surface area contributed by atoms with Crippen LogP contribution < -0.4 is 0 Å². The van der Waals surface area contributed by atoms with Crippen molar-refractivity contribution in [2.24, 2.45) is 0 Å². The van der Waals surface area contributed by atoms with Gasteiger partial charge in [0, 0.05) is 13.0 Å². The first-order valence-electron chi connectivity index (χ1n) is 7.36. The Morgan fingerprint density at radius 3 is 2.00 bits per heavy atom. The summed E-state index contributed by atoms with van der Waals surface area (Å²) in [6.45, 7) is 1.02. The average Bonchev–Trinajstić information content (AvgIpc) is 3.32. The van der Waals surface area contributed by atoms with Gasteiger partial charge in [-0.2, -0.15) is 0 Å². The molecule has 4 nitrogen and oxygen atoms in total. The monoisotopic (exact) mass is 293 g/mol. The van der Waals surface area contributed by atoms with Gasteiger partial charge in [0.1, 0.15) is 5.60 Å². The minimum Gasteiger partial charge on any atom is -0.364 e. The van der Waals surface area contributed by atoms with Gasteiger partial charge in [0.25, 0.3) is 11.8 Å². The number of carbonyl (C=O) groups excluding carboxylic acids is 2. The van der Waals surface area contributed by atoms with Gasteiger partial charge in [-0.3, -0.25) is 14.5 Å². The van der Waals surface area contributed by atoms with Crippen LogP contribution in [0, 0.1) is 0 Å². The second-order valence-corrected chi connectivity index (χ2v) is 5.71. The van der Waals surface area contributed by atoms with E-state index in [9.17, 15) is 9.59 Å². The van der Waals surface area contributed by atoms with Gasteiger partial charge < -0.3 is 4.74 Å². The molecule has 1 unspecified atom stereocenters. The zero-order valence-electron chi connectivity index (χ0n) is 12.0. The minimum atomic E-state index is -0.337. The maximum Gasteiger partial charge on any atom is 0.261 e. The summed E-state index contributed by atoms with van der Waals surface area (Å²) >= 11 is 0. The second-order valence-electron chi connectivity index (χ2n) is 5.71. The molecule has 2 aromatic rings. The molecular formula is C18H15NO3. The van der Waals surface area contributed by atoms with Crippen LogP contribution in [0.2, 0.25) is 0 Å². The number of imide groups is 1. The van der Waals surface area contributed by atoms with Crippen molar-refractivity contribution in [2.75, 3.05) is 13.2 Å². The Morgan fingerprint density at radius 1 is 0.909 bits per heavy atom. The van der Waals surface area contributed by atoms with Crippen LogP contribution >= 0.6 is 0 Å². The van der Waals surface area contributed by atoms with Crippen molar-refractivity contribution < 1.29 is 14.3 Å². The summed E-state index contributed by atoms with van der Waals surface area (Å²) < 4.78 is 5.64. The highest BCUT2D eigenvalue weighted by atomic mass is 16.6. The number of hydrogen-bond acceptors (Lipinski definition) is 3. The molecule has 2 aliphatic heterocycles. The van der Waals surface area contributed by atoms with Crippen molar-refractivity contribution in [1.82, 2.24) is 4.90 Å². The van der Waals surface area contributed by atoms with Gasteiger partial charge in [-0.15, -0.1) is 0 Å². The van der Waals surface area contributed by atoms with Crippen LogP contribution in [0.15, 0.2) is 54.6 Å². The molecule has 0 spiro atoms. The molecule has 0 aromatic heterocycles. The predicted molar refractivity (Wildman–Crippen MR) is 80.5 cm³/mol. The molecule has 4 rings (SSSR count). The van der Waals surface area contributed by atoms with Gasteiger partial charge in [-0.05, 0) is 17.7 Å². The Balaban J connectivity index is 1.52. The summed E-state index contributed by atoms with van der Waals surface area (Å²) in [6, 6.07) is 16.9. The number of hydrogen-bond donors (Lipinski definition) is 0. The number of nitrogens with zero attached hydrogens (tertiary/aromatic N) is 1. The Labute approximate surface area is 128 Å². The number of fused-ring (bicyclic) bond motifs is 1. The largest absolute Gasteiger partial charge is 0.364 e. The fraction of sp³-hybridized carbons (Fsp3) is 0.222. The normalized spacial score (nSPS) is 22.8. The lowest BCUT2D eigenvalue weighted by Crippen LogP contribution is -2.33. The first-order chi connectivity index (χ1) is 10.7. The van der Waals surface area contributed by atoms with Crippen LogP contribution in [0.3, 0.4) is 0 Å². The van der Waals surface area contributed by atoms with Gasteiger partial charge in [0.05, 0.1) is 17.7 Å². The van der Waals surface area contributed by atoms with Crippen molar-refractivity contribution >= 4 is 11.8 Å². The van der Waals surface area contributed by atoms with E-state index in [1.807, 2.05) is 30.3 Å². The molecule has 2 aromatic carbocycles. The Bertz CT molecular complexity index is 715. The Morgan fingerprint density at radius 2 is 1.45 bits per heavy atom. The first kappa shape index (κ1) is 13.2. The van der Waals surface area contributed by atoms with E-state index >= 15 is 0 Å². The van der Waals surface area contributed by atoms with E-state index in [0.717, 1.165) is 5.56 Å². The molecule has 0 aliphatic carbocycles. The highest BCUT2D eigenvalue weighted by Crippen LogP contribution is 2.42. The molecule has 0 bridgehead atoms. The molecule has 0 N–H and O–H groups in total. The summed E-state index contributed by atoms with van der Waals surface area (Å²) in [6.07, 6.45) is 0.627. The molecule has 0 saturated carbocycles. The van der Waals surface area contributed by atoms with E-state index in [1.54, 1.807) is 24.3 Å². The highest BCUT2D eigenvalue weighted by Gasteiger charge is 2.47. The maximum atomic E-state index is 12.3. The summed E-state index contributed by atoms with van der Waals surface area (Å²) in [5.74, 6) is -0.408. The van der Waals surface area contributed by atoms with Gasteiger partial charge in [-0.1, -0.05) is 42.5 Å². The van der Waals surface area contributed by atoms with Crippen LogP contribution in [-0.4, -0.2) is 29.9 Å². The molecule has 110 valence electrons. The van der Waals surface area contributed by atoms with Crippen molar-refractivity contribution in [3.8, 4) is 0 Å². The summed E-state index contributed by atoms with van der Waals surface area (Å²) in [7, 11) is 0. The van der Waals surface area contributed by atoms with E-state index in [4.69, 9.17) is 4.74 Å². The number of rotatable bonds is 4. The third kappa shape index (κ3) is 1.96. The first-order valence-corrected chi connectivity index (χ1v) is 7.36. The topological polar surface area (TPSA) is 49.9 Å². The molecule has 0 radical (unpaired) electrons. The Kier molecular flexibility index (Phi) is 2.87. The van der Waals surface area contributed by atoms with E-state index < -0.39 is 0 Å². The average molecular weight is 293 g/mol. The Hall–Kier alpha value is -2.46. The molecular weight excluding hydrogens is 278 g/mol. The van der Waals surface area contributed by atoms with Crippen LogP contribution in [-0.2, 0) is 10.3 Å². The highest BCUT2D eigenvalue weighted by molar-refractivity contribution is 6.21. The molecule has 2 heterocycles. The third-order valence-electron chi connectivity index (χ3n) is 4.41. The number of benzene rings is 2. The van der Waals surface area contributed by atoms with Crippen LogP contribution in [0.4, 0.5) is 0 Å². The van der Waals surface area contributed by atoms with Gasteiger partial charge in [0.15, 0.2) is 0 Å². The van der Waals surface area contributed by atoms with Crippen LogP contribution in [0.1, 0.15) is 32.7 Å². The van der Waals surface area contributed by atoms with Crippen molar-refractivity contribution in [1.29, 1.82) is 0 Å². The molecule has 4 heteroatoms.